The SMILES string of the molecule is O=C(O)C(=CNc1cc(=O)c2ccccc2o1)C(=O)O. The van der Waals surface area contributed by atoms with Gasteiger partial charge in [-0.15, -0.1) is 0 Å². The van der Waals surface area contributed by atoms with Gasteiger partial charge in [-0.25, -0.2) is 9.59 Å². The van der Waals surface area contributed by atoms with Crippen molar-refractivity contribution in [2.45, 2.75) is 0 Å². The van der Waals surface area contributed by atoms with Crippen molar-refractivity contribution in [1.29, 1.82) is 0 Å². The molecule has 0 aliphatic carbocycles. The lowest BCUT2D eigenvalue weighted by atomic mass is 10.2. The van der Waals surface area contributed by atoms with Gasteiger partial charge in [0.1, 0.15) is 5.58 Å². The number of carbonyl (C=O) groups is 2. The normalized spacial score (nSPS) is 10.0. The summed E-state index contributed by atoms with van der Waals surface area (Å²) in [7, 11) is 0. The van der Waals surface area contributed by atoms with Gasteiger partial charge in [-0.05, 0) is 12.1 Å². The Kier molecular flexibility index (Phi) is 3.52. The van der Waals surface area contributed by atoms with Crippen LogP contribution in [0.3, 0.4) is 0 Å². The molecule has 0 radical (unpaired) electrons. The van der Waals surface area contributed by atoms with E-state index in [-0.39, 0.29) is 11.3 Å². The van der Waals surface area contributed by atoms with Crippen LogP contribution in [-0.2, 0) is 9.59 Å². The molecule has 2 aromatic rings. The molecule has 0 saturated heterocycles. The van der Waals surface area contributed by atoms with Gasteiger partial charge >= 0.3 is 11.9 Å². The van der Waals surface area contributed by atoms with Crippen molar-refractivity contribution in [1.82, 2.24) is 0 Å². The summed E-state index contributed by atoms with van der Waals surface area (Å²) in [6, 6.07) is 7.62. The Morgan fingerprint density at radius 3 is 2.45 bits per heavy atom. The van der Waals surface area contributed by atoms with E-state index in [0.29, 0.717) is 11.0 Å². The van der Waals surface area contributed by atoms with Crippen molar-refractivity contribution < 1.29 is 24.2 Å². The molecule has 0 saturated carbocycles. The average molecular weight is 275 g/mol. The highest BCUT2D eigenvalue weighted by Gasteiger charge is 2.15. The minimum Gasteiger partial charge on any atom is -0.477 e. The number of rotatable bonds is 4. The molecule has 7 heteroatoms. The number of carboxylic acid groups (broad SMARTS) is 2. The van der Waals surface area contributed by atoms with Crippen molar-refractivity contribution in [3.63, 3.8) is 0 Å². The predicted molar refractivity (Wildman–Crippen MR) is 69.5 cm³/mol. The van der Waals surface area contributed by atoms with Gasteiger partial charge in [-0.2, -0.15) is 0 Å². The molecule has 0 aliphatic heterocycles. The standard InChI is InChI=1S/C13H9NO6/c15-9-5-11(14-6-8(12(16)17)13(18)19)20-10-4-2-1-3-7(9)10/h1-6,14H,(H,16,17)(H,18,19). The number of hydrogen-bond donors (Lipinski definition) is 3. The fourth-order valence-electron chi connectivity index (χ4n) is 1.53. The predicted octanol–water partition coefficient (Wildman–Crippen LogP) is 1.26. The van der Waals surface area contributed by atoms with E-state index < -0.39 is 17.5 Å². The molecule has 2 rings (SSSR count). The Bertz CT molecular complexity index is 758. The first-order valence-electron chi connectivity index (χ1n) is 5.45. The number of fused-ring (bicyclic) bond motifs is 1. The highest BCUT2D eigenvalue weighted by atomic mass is 16.4. The molecular formula is C13H9NO6. The van der Waals surface area contributed by atoms with Gasteiger partial charge in [0.15, 0.2) is 11.0 Å². The largest absolute Gasteiger partial charge is 0.477 e. The van der Waals surface area contributed by atoms with Gasteiger partial charge in [0.25, 0.3) is 0 Å². The van der Waals surface area contributed by atoms with E-state index in [0.717, 1.165) is 12.3 Å². The molecule has 0 fully saturated rings. The maximum Gasteiger partial charge on any atom is 0.344 e. The van der Waals surface area contributed by atoms with E-state index in [9.17, 15) is 14.4 Å². The number of nitrogens with one attached hydrogen (secondary N) is 1. The van der Waals surface area contributed by atoms with E-state index in [1.807, 2.05) is 0 Å². The first-order chi connectivity index (χ1) is 9.49. The number of aliphatic carboxylic acids is 2. The molecule has 0 bridgehead atoms. The Hall–Kier alpha value is -3.09. The first kappa shape index (κ1) is 13.3. The maximum atomic E-state index is 11.8. The summed E-state index contributed by atoms with van der Waals surface area (Å²) in [6.07, 6.45) is 0.748. The van der Waals surface area contributed by atoms with E-state index in [2.05, 4.69) is 5.32 Å². The molecule has 0 amide bonds. The zero-order valence-electron chi connectivity index (χ0n) is 9.99. The van der Waals surface area contributed by atoms with Crippen LogP contribution in [0, 0.1) is 0 Å². The zero-order valence-corrected chi connectivity index (χ0v) is 9.99. The summed E-state index contributed by atoms with van der Waals surface area (Å²) in [4.78, 5) is 33.1. The molecular weight excluding hydrogens is 266 g/mol. The molecule has 3 N–H and O–H groups in total. The Morgan fingerprint density at radius 2 is 1.80 bits per heavy atom. The highest BCUT2D eigenvalue weighted by Crippen LogP contribution is 2.15. The number of para-hydroxylation sites is 1. The lowest BCUT2D eigenvalue weighted by Crippen LogP contribution is -2.13. The summed E-state index contributed by atoms with van der Waals surface area (Å²) in [5.41, 5.74) is -0.890. The van der Waals surface area contributed by atoms with Gasteiger partial charge in [0.2, 0.25) is 5.88 Å². The van der Waals surface area contributed by atoms with E-state index >= 15 is 0 Å². The van der Waals surface area contributed by atoms with Crippen LogP contribution in [0.4, 0.5) is 5.88 Å². The molecule has 7 nitrogen and oxygen atoms in total. The molecule has 0 unspecified atom stereocenters. The van der Waals surface area contributed by atoms with Crippen molar-refractivity contribution in [3.8, 4) is 0 Å². The Morgan fingerprint density at radius 1 is 1.15 bits per heavy atom. The number of hydrogen-bond acceptors (Lipinski definition) is 5. The van der Waals surface area contributed by atoms with Crippen LogP contribution < -0.4 is 10.7 Å². The van der Waals surface area contributed by atoms with Gasteiger partial charge < -0.3 is 19.9 Å². The second-order valence-electron chi connectivity index (χ2n) is 3.78. The van der Waals surface area contributed by atoms with E-state index in [4.69, 9.17) is 14.6 Å². The van der Waals surface area contributed by atoms with Crippen LogP contribution in [0.5, 0.6) is 0 Å². The quantitative estimate of drug-likeness (QED) is 0.436. The lowest BCUT2D eigenvalue weighted by molar-refractivity contribution is -0.140. The first-order valence-corrected chi connectivity index (χ1v) is 5.45. The fraction of sp³-hybridized carbons (Fsp3) is 0. The van der Waals surface area contributed by atoms with Crippen LogP contribution in [0.25, 0.3) is 11.0 Å². The number of anilines is 1. The van der Waals surface area contributed by atoms with Gasteiger partial charge in [0, 0.05) is 12.3 Å². The van der Waals surface area contributed by atoms with Gasteiger partial charge in [0.05, 0.1) is 5.39 Å². The monoisotopic (exact) mass is 275 g/mol. The fourth-order valence-corrected chi connectivity index (χ4v) is 1.53. The third-order valence-electron chi connectivity index (χ3n) is 2.45. The van der Waals surface area contributed by atoms with Gasteiger partial charge in [-0.1, -0.05) is 12.1 Å². The summed E-state index contributed by atoms with van der Waals surface area (Å²) >= 11 is 0. The van der Waals surface area contributed by atoms with Crippen LogP contribution in [0.15, 0.2) is 51.3 Å². The second-order valence-corrected chi connectivity index (χ2v) is 3.78. The third-order valence-corrected chi connectivity index (χ3v) is 2.45. The smallest absolute Gasteiger partial charge is 0.344 e. The number of carboxylic acids is 2. The summed E-state index contributed by atoms with van der Waals surface area (Å²) in [6.45, 7) is 0. The zero-order chi connectivity index (χ0) is 14.7. The maximum absolute atomic E-state index is 11.8. The van der Waals surface area contributed by atoms with Crippen molar-refractivity contribution in [2.24, 2.45) is 0 Å². The topological polar surface area (TPSA) is 117 Å². The Balaban J connectivity index is 2.40. The van der Waals surface area contributed by atoms with Crippen LogP contribution in [-0.4, -0.2) is 22.2 Å². The van der Waals surface area contributed by atoms with E-state index in [1.54, 1.807) is 24.3 Å². The summed E-state index contributed by atoms with van der Waals surface area (Å²) in [5, 5.41) is 20.1. The molecule has 0 spiro atoms. The van der Waals surface area contributed by atoms with Crippen molar-refractivity contribution >= 4 is 28.8 Å². The van der Waals surface area contributed by atoms with Crippen molar-refractivity contribution in [3.05, 3.63) is 52.3 Å². The molecule has 0 aliphatic rings. The summed E-state index contributed by atoms with van der Waals surface area (Å²) < 4.78 is 5.31. The molecule has 102 valence electrons. The molecule has 1 heterocycles. The van der Waals surface area contributed by atoms with Gasteiger partial charge in [-0.3, -0.25) is 4.79 Å². The second kappa shape index (κ2) is 5.27. The lowest BCUT2D eigenvalue weighted by Gasteiger charge is -2.02. The average Bonchev–Trinajstić information content (AvgIpc) is 2.38. The molecule has 1 aromatic carbocycles. The third kappa shape index (κ3) is 2.66. The van der Waals surface area contributed by atoms with Crippen LogP contribution >= 0.6 is 0 Å². The molecule has 1 aromatic heterocycles. The summed E-state index contributed by atoms with van der Waals surface area (Å²) in [5.74, 6) is -3.25. The minimum atomic E-state index is -1.60. The number of benzene rings is 1. The van der Waals surface area contributed by atoms with Crippen LogP contribution in [0.1, 0.15) is 0 Å². The van der Waals surface area contributed by atoms with E-state index in [1.165, 1.54) is 0 Å². The molecule has 0 atom stereocenters. The molecule has 20 heavy (non-hydrogen) atoms. The Labute approximate surface area is 111 Å². The highest BCUT2D eigenvalue weighted by molar-refractivity contribution is 6.12. The van der Waals surface area contributed by atoms with Crippen LogP contribution in [0.2, 0.25) is 0 Å². The minimum absolute atomic E-state index is 0.0475. The van der Waals surface area contributed by atoms with Crippen molar-refractivity contribution in [2.75, 3.05) is 5.32 Å².